The number of sulfone groups is 1. The van der Waals surface area contributed by atoms with Crippen LogP contribution in [0.1, 0.15) is 42.5 Å². The molecule has 1 N–H and O–H groups in total. The minimum Gasteiger partial charge on any atom is -0.494 e. The van der Waals surface area contributed by atoms with Crippen LogP contribution in [0, 0.1) is 0 Å². The predicted molar refractivity (Wildman–Crippen MR) is 147 cm³/mol. The lowest BCUT2D eigenvalue weighted by atomic mass is 9.84. The van der Waals surface area contributed by atoms with Gasteiger partial charge in [-0.3, -0.25) is 9.69 Å². The van der Waals surface area contributed by atoms with E-state index in [4.69, 9.17) is 9.84 Å². The number of hydrogen-bond donors (Lipinski definition) is 1. The van der Waals surface area contributed by atoms with Gasteiger partial charge in [0.15, 0.2) is 9.84 Å². The molecule has 0 aliphatic heterocycles. The maximum absolute atomic E-state index is 13.3. The summed E-state index contributed by atoms with van der Waals surface area (Å²) in [7, 11) is -3.67. The van der Waals surface area contributed by atoms with E-state index in [0.29, 0.717) is 37.4 Å². The second kappa shape index (κ2) is 12.9. The zero-order valence-corrected chi connectivity index (χ0v) is 23.6. The van der Waals surface area contributed by atoms with Crippen molar-refractivity contribution >= 4 is 15.8 Å². The number of nitrogens with zero attached hydrogens (tertiary/aromatic N) is 1. The van der Waals surface area contributed by atoms with Crippen LogP contribution in [0.5, 0.6) is 5.75 Å². The number of carboxylic acid groups (broad SMARTS) is 1. The largest absolute Gasteiger partial charge is 0.494 e. The smallest absolute Gasteiger partial charge is 0.416 e. The molecule has 0 aliphatic carbocycles. The van der Waals surface area contributed by atoms with E-state index in [0.717, 1.165) is 17.9 Å². The van der Waals surface area contributed by atoms with Crippen molar-refractivity contribution in [2.24, 2.45) is 0 Å². The summed E-state index contributed by atoms with van der Waals surface area (Å²) in [6.45, 7) is 5.80. The second-order valence-electron chi connectivity index (χ2n) is 10.5. The van der Waals surface area contributed by atoms with E-state index >= 15 is 0 Å². The van der Waals surface area contributed by atoms with E-state index in [1.165, 1.54) is 30.3 Å². The summed E-state index contributed by atoms with van der Waals surface area (Å²) in [5.41, 5.74) is 0.858. The molecule has 0 saturated heterocycles. The van der Waals surface area contributed by atoms with Crippen LogP contribution in [-0.4, -0.2) is 50.3 Å². The first-order chi connectivity index (χ1) is 18.6. The Balaban J connectivity index is 1.74. The lowest BCUT2D eigenvalue weighted by Gasteiger charge is -2.33. The van der Waals surface area contributed by atoms with Gasteiger partial charge >= 0.3 is 12.1 Å². The van der Waals surface area contributed by atoms with E-state index in [9.17, 15) is 26.4 Å². The minimum absolute atomic E-state index is 0.0943. The normalized spacial score (nSPS) is 12.5. The van der Waals surface area contributed by atoms with Crippen molar-refractivity contribution in [2.75, 3.05) is 26.0 Å². The Morgan fingerprint density at radius 2 is 1.62 bits per heavy atom. The van der Waals surface area contributed by atoms with Gasteiger partial charge in [-0.05, 0) is 41.3 Å². The Kier molecular flexibility index (Phi) is 10.0. The molecule has 10 heteroatoms. The quantitative estimate of drug-likeness (QED) is 0.252. The number of carbonyl (C=O) groups is 1. The van der Waals surface area contributed by atoms with Crippen molar-refractivity contribution in [3.63, 3.8) is 0 Å². The van der Waals surface area contributed by atoms with Gasteiger partial charge in [-0.1, -0.05) is 68.4 Å². The van der Waals surface area contributed by atoms with Gasteiger partial charge in [0.2, 0.25) is 0 Å². The number of alkyl halides is 3. The molecule has 0 aliphatic rings. The van der Waals surface area contributed by atoms with Crippen molar-refractivity contribution in [3.05, 3.63) is 95.1 Å². The van der Waals surface area contributed by atoms with Crippen LogP contribution in [-0.2, 0) is 39.2 Å². The topological polar surface area (TPSA) is 83.9 Å². The van der Waals surface area contributed by atoms with Gasteiger partial charge in [0.05, 0.1) is 23.5 Å². The van der Waals surface area contributed by atoms with E-state index in [-0.39, 0.29) is 22.5 Å². The van der Waals surface area contributed by atoms with Gasteiger partial charge in [-0.25, -0.2) is 8.42 Å². The second-order valence-corrected chi connectivity index (χ2v) is 12.5. The average molecular weight is 578 g/mol. The number of aliphatic carboxylic acids is 1. The maximum atomic E-state index is 13.3. The Bertz CT molecular complexity index is 1410. The van der Waals surface area contributed by atoms with Crippen LogP contribution in [0.3, 0.4) is 0 Å². The summed E-state index contributed by atoms with van der Waals surface area (Å²) in [5, 5.41) is 9.08. The summed E-state index contributed by atoms with van der Waals surface area (Å²) < 4.78 is 70.1. The molecule has 3 rings (SSSR count). The molecule has 216 valence electrons. The predicted octanol–water partition coefficient (Wildman–Crippen LogP) is 5.98. The summed E-state index contributed by atoms with van der Waals surface area (Å²) >= 11 is 0. The zero-order valence-electron chi connectivity index (χ0n) is 22.7. The molecule has 0 fully saturated rings. The molecule has 0 atom stereocenters. The molecule has 0 aromatic heterocycles. The number of benzene rings is 3. The molecule has 0 bridgehead atoms. The first-order valence-electron chi connectivity index (χ1n) is 12.8. The first-order valence-corrected chi connectivity index (χ1v) is 14.7. The third-order valence-electron chi connectivity index (χ3n) is 6.50. The zero-order chi connectivity index (χ0) is 29.6. The number of halogens is 3. The lowest BCUT2D eigenvalue weighted by molar-refractivity contribution is -0.138. The van der Waals surface area contributed by atoms with Gasteiger partial charge in [-0.15, -0.1) is 0 Å². The highest BCUT2D eigenvalue weighted by Crippen LogP contribution is 2.31. The molecule has 0 radical (unpaired) electrons. The van der Waals surface area contributed by atoms with Gasteiger partial charge in [-0.2, -0.15) is 13.2 Å². The van der Waals surface area contributed by atoms with E-state index < -0.39 is 34.0 Å². The van der Waals surface area contributed by atoms with Crippen molar-refractivity contribution < 1.29 is 36.2 Å². The summed E-state index contributed by atoms with van der Waals surface area (Å²) in [4.78, 5) is 13.1. The van der Waals surface area contributed by atoms with Crippen LogP contribution in [0.25, 0.3) is 0 Å². The Morgan fingerprint density at radius 1 is 0.950 bits per heavy atom. The molecule has 40 heavy (non-hydrogen) atoms. The summed E-state index contributed by atoms with van der Waals surface area (Å²) in [6, 6.07) is 19.5. The minimum atomic E-state index is -4.43. The van der Waals surface area contributed by atoms with Crippen molar-refractivity contribution in [2.45, 2.75) is 49.7 Å². The molecular weight excluding hydrogens is 543 g/mol. The number of rotatable bonds is 13. The Labute approximate surface area is 233 Å². The highest BCUT2D eigenvalue weighted by atomic mass is 32.2. The Hall–Kier alpha value is -3.37. The Morgan fingerprint density at radius 3 is 2.25 bits per heavy atom. The summed E-state index contributed by atoms with van der Waals surface area (Å²) in [5.74, 6) is -0.846. The van der Waals surface area contributed by atoms with Gasteiger partial charge in [0.25, 0.3) is 0 Å². The highest BCUT2D eigenvalue weighted by molar-refractivity contribution is 7.90. The van der Waals surface area contributed by atoms with E-state index in [1.807, 2.05) is 30.3 Å². The van der Waals surface area contributed by atoms with Gasteiger partial charge < -0.3 is 9.84 Å². The monoisotopic (exact) mass is 577 g/mol. The van der Waals surface area contributed by atoms with Crippen molar-refractivity contribution in [1.82, 2.24) is 4.90 Å². The van der Waals surface area contributed by atoms with Crippen molar-refractivity contribution in [1.29, 1.82) is 0 Å². The molecule has 3 aromatic carbocycles. The van der Waals surface area contributed by atoms with Crippen LogP contribution >= 0.6 is 0 Å². The highest BCUT2D eigenvalue weighted by Gasteiger charge is 2.31. The standard InChI is InChI=1S/C30H34F3NO5S/c1-29(2,24-10-5-4-6-11-24)21-34(20-22-9-7-12-25(17-22)30(31,32)33)15-8-16-39-26-14-13-23(18-28(35)36)27(19-26)40(3,37)38/h4-7,9-14,17,19H,8,15-16,18,20-21H2,1-3H3,(H,35,36). The first kappa shape index (κ1) is 31.2. The maximum Gasteiger partial charge on any atom is 0.416 e. The third-order valence-corrected chi connectivity index (χ3v) is 7.68. The van der Waals surface area contributed by atoms with Gasteiger partial charge in [0, 0.05) is 31.3 Å². The fourth-order valence-corrected chi connectivity index (χ4v) is 5.56. The molecule has 0 amide bonds. The number of carboxylic acids is 1. The van der Waals surface area contributed by atoms with Gasteiger partial charge in [0.1, 0.15) is 5.75 Å². The fraction of sp³-hybridized carbons (Fsp3) is 0.367. The molecule has 0 unspecified atom stereocenters. The molecule has 3 aromatic rings. The molecular formula is C30H34F3NO5S. The third kappa shape index (κ3) is 9.09. The SMILES string of the molecule is CC(C)(CN(CCCOc1ccc(CC(=O)O)c(S(C)(=O)=O)c1)Cc1cccc(C(F)(F)F)c1)c1ccccc1. The lowest BCUT2D eigenvalue weighted by Crippen LogP contribution is -2.37. The van der Waals surface area contributed by atoms with Crippen molar-refractivity contribution in [3.8, 4) is 5.75 Å². The number of ether oxygens (including phenoxy) is 1. The van der Waals surface area contributed by atoms with E-state index in [1.54, 1.807) is 6.07 Å². The molecule has 0 heterocycles. The van der Waals surface area contributed by atoms with E-state index in [2.05, 4.69) is 18.7 Å². The van der Waals surface area contributed by atoms with Crippen LogP contribution in [0.2, 0.25) is 0 Å². The van der Waals surface area contributed by atoms with Crippen LogP contribution in [0.4, 0.5) is 13.2 Å². The average Bonchev–Trinajstić information content (AvgIpc) is 2.86. The fourth-order valence-electron chi connectivity index (χ4n) is 4.61. The number of hydrogen-bond acceptors (Lipinski definition) is 5. The summed E-state index contributed by atoms with van der Waals surface area (Å²) in [6.07, 6.45) is -3.32. The molecule has 0 spiro atoms. The molecule has 6 nitrogen and oxygen atoms in total. The molecule has 0 saturated carbocycles. The van der Waals surface area contributed by atoms with Crippen LogP contribution in [0.15, 0.2) is 77.7 Å². The van der Waals surface area contributed by atoms with Crippen LogP contribution < -0.4 is 4.74 Å².